The molecule has 1 heterocycles. The zero-order valence-corrected chi connectivity index (χ0v) is 14.0. The minimum atomic E-state index is -0.431. The second-order valence-corrected chi connectivity index (χ2v) is 8.46. The Balaban J connectivity index is 1.74. The highest BCUT2D eigenvalue weighted by molar-refractivity contribution is 8.01. The zero-order chi connectivity index (χ0) is 15.3. The number of benzene rings is 1. The summed E-state index contributed by atoms with van der Waals surface area (Å²) in [5.41, 5.74) is 0.833. The number of nitrogens with zero attached hydrogens (tertiary/aromatic N) is 1. The molecule has 0 radical (unpaired) electrons. The maximum atomic E-state index is 12.4. The summed E-state index contributed by atoms with van der Waals surface area (Å²) in [6, 6.07) is 8.55. The van der Waals surface area contributed by atoms with Crippen molar-refractivity contribution in [2.45, 2.75) is 55.9 Å². The Hall–Kier alpha value is -1.16. The number of aryl methyl sites for hydroxylation is 1. The van der Waals surface area contributed by atoms with E-state index in [9.17, 15) is 4.79 Å². The van der Waals surface area contributed by atoms with E-state index in [2.05, 4.69) is 31.2 Å². The Morgan fingerprint density at radius 2 is 2.00 bits per heavy atom. The van der Waals surface area contributed by atoms with Crippen LogP contribution in [0, 0.1) is 12.8 Å². The summed E-state index contributed by atoms with van der Waals surface area (Å²) in [6.07, 6.45) is 2.02. The molecule has 2 fully saturated rings. The maximum absolute atomic E-state index is 12.4. The Morgan fingerprint density at radius 3 is 2.57 bits per heavy atom. The molecule has 1 aromatic carbocycles. The van der Waals surface area contributed by atoms with Gasteiger partial charge in [-0.05, 0) is 58.6 Å². The highest BCUT2D eigenvalue weighted by Gasteiger charge is 2.65. The van der Waals surface area contributed by atoms with Gasteiger partial charge in [-0.25, -0.2) is 4.79 Å². The van der Waals surface area contributed by atoms with Crippen LogP contribution in [0.3, 0.4) is 0 Å². The van der Waals surface area contributed by atoms with Gasteiger partial charge in [0.2, 0.25) is 0 Å². The molecule has 2 unspecified atom stereocenters. The lowest BCUT2D eigenvalue weighted by Crippen LogP contribution is -2.41. The van der Waals surface area contributed by atoms with Crippen molar-refractivity contribution in [3.8, 4) is 0 Å². The molecule has 1 aliphatic heterocycles. The molecule has 3 rings (SSSR count). The molecule has 4 heteroatoms. The van der Waals surface area contributed by atoms with Crippen LogP contribution in [0.15, 0.2) is 29.2 Å². The van der Waals surface area contributed by atoms with E-state index in [-0.39, 0.29) is 11.0 Å². The Kier molecular flexibility index (Phi) is 3.47. The number of ether oxygens (including phenoxy) is 1. The van der Waals surface area contributed by atoms with Crippen LogP contribution in [0.1, 0.15) is 39.2 Å². The molecule has 0 N–H and O–H groups in total. The number of rotatable bonds is 2. The SMILES string of the molecule is Cc1ccc(SC23CC2CCN3C(=O)OC(C)(C)C)cc1. The molecular weight excluding hydrogens is 282 g/mol. The van der Waals surface area contributed by atoms with Crippen LogP contribution in [0.2, 0.25) is 0 Å². The Labute approximate surface area is 131 Å². The van der Waals surface area contributed by atoms with E-state index >= 15 is 0 Å². The average molecular weight is 305 g/mol. The maximum Gasteiger partial charge on any atom is 0.411 e. The third-order valence-electron chi connectivity index (χ3n) is 4.10. The normalized spacial score (nSPS) is 27.4. The monoisotopic (exact) mass is 305 g/mol. The zero-order valence-electron chi connectivity index (χ0n) is 13.2. The number of thioether (sulfide) groups is 1. The van der Waals surface area contributed by atoms with Gasteiger partial charge in [0, 0.05) is 11.4 Å². The number of fused-ring (bicyclic) bond motifs is 1. The van der Waals surface area contributed by atoms with Gasteiger partial charge in [0.1, 0.15) is 5.60 Å². The summed E-state index contributed by atoms with van der Waals surface area (Å²) in [7, 11) is 0. The molecule has 0 aromatic heterocycles. The molecule has 21 heavy (non-hydrogen) atoms. The number of piperidine rings is 1. The molecule has 114 valence electrons. The molecule has 1 saturated carbocycles. The summed E-state index contributed by atoms with van der Waals surface area (Å²) >= 11 is 1.82. The van der Waals surface area contributed by atoms with Crippen LogP contribution in [0.25, 0.3) is 0 Å². The Morgan fingerprint density at radius 1 is 1.33 bits per heavy atom. The summed E-state index contributed by atoms with van der Waals surface area (Å²) in [5, 5.41) is 0. The van der Waals surface area contributed by atoms with Gasteiger partial charge in [-0.3, -0.25) is 4.90 Å². The van der Waals surface area contributed by atoms with Crippen molar-refractivity contribution in [2.24, 2.45) is 5.92 Å². The first-order valence-electron chi connectivity index (χ1n) is 7.56. The van der Waals surface area contributed by atoms with Gasteiger partial charge in [-0.15, -0.1) is 0 Å². The van der Waals surface area contributed by atoms with E-state index in [4.69, 9.17) is 4.74 Å². The molecule has 2 atom stereocenters. The number of likely N-dealkylation sites (tertiary alicyclic amines) is 1. The van der Waals surface area contributed by atoms with Gasteiger partial charge in [0.15, 0.2) is 0 Å². The largest absolute Gasteiger partial charge is 0.444 e. The van der Waals surface area contributed by atoms with Gasteiger partial charge in [-0.2, -0.15) is 0 Å². The minimum Gasteiger partial charge on any atom is -0.444 e. The van der Waals surface area contributed by atoms with Crippen LogP contribution in [0.4, 0.5) is 4.79 Å². The summed E-state index contributed by atoms with van der Waals surface area (Å²) < 4.78 is 5.57. The van der Waals surface area contributed by atoms with Gasteiger partial charge < -0.3 is 4.74 Å². The number of amides is 1. The van der Waals surface area contributed by atoms with E-state index in [1.54, 1.807) is 0 Å². The lowest BCUT2D eigenvalue weighted by Gasteiger charge is -2.30. The quantitative estimate of drug-likeness (QED) is 0.809. The van der Waals surface area contributed by atoms with E-state index in [0.29, 0.717) is 5.92 Å². The number of hydrogen-bond acceptors (Lipinski definition) is 3. The summed E-state index contributed by atoms with van der Waals surface area (Å²) in [5.74, 6) is 0.622. The van der Waals surface area contributed by atoms with Crippen LogP contribution < -0.4 is 0 Å². The second-order valence-electron chi connectivity index (χ2n) is 7.08. The topological polar surface area (TPSA) is 29.5 Å². The number of carbonyl (C=O) groups excluding carboxylic acids is 1. The van der Waals surface area contributed by atoms with E-state index in [1.807, 2.05) is 37.4 Å². The van der Waals surface area contributed by atoms with Crippen molar-refractivity contribution in [3.05, 3.63) is 29.8 Å². The molecule has 2 aliphatic rings. The summed E-state index contributed by atoms with van der Waals surface area (Å²) in [6.45, 7) is 8.68. The van der Waals surface area contributed by atoms with Crippen LogP contribution in [-0.2, 0) is 4.74 Å². The molecule has 3 nitrogen and oxygen atoms in total. The van der Waals surface area contributed by atoms with Crippen molar-refractivity contribution in [1.82, 2.24) is 4.90 Å². The fraction of sp³-hybridized carbons (Fsp3) is 0.588. The van der Waals surface area contributed by atoms with Crippen LogP contribution in [0.5, 0.6) is 0 Å². The van der Waals surface area contributed by atoms with Gasteiger partial charge in [0.25, 0.3) is 0 Å². The van der Waals surface area contributed by atoms with Gasteiger partial charge >= 0.3 is 6.09 Å². The minimum absolute atomic E-state index is 0.0579. The predicted octanol–water partition coefficient (Wildman–Crippen LogP) is 4.44. The van der Waals surface area contributed by atoms with Crippen LogP contribution >= 0.6 is 11.8 Å². The highest BCUT2D eigenvalue weighted by Crippen LogP contribution is 2.64. The number of hydrogen-bond donors (Lipinski definition) is 0. The fourth-order valence-electron chi connectivity index (χ4n) is 2.98. The smallest absolute Gasteiger partial charge is 0.411 e. The average Bonchev–Trinajstić information content (AvgIpc) is 2.94. The van der Waals surface area contributed by atoms with Gasteiger partial charge in [0.05, 0.1) is 4.87 Å². The lowest BCUT2D eigenvalue weighted by atomic mass is 10.2. The first kappa shape index (κ1) is 14.8. The highest BCUT2D eigenvalue weighted by atomic mass is 32.2. The molecule has 0 spiro atoms. The van der Waals surface area contributed by atoms with Crippen molar-refractivity contribution in [2.75, 3.05) is 6.54 Å². The van der Waals surface area contributed by atoms with Crippen molar-refractivity contribution in [3.63, 3.8) is 0 Å². The summed E-state index contributed by atoms with van der Waals surface area (Å²) in [4.78, 5) is 15.6. The van der Waals surface area contributed by atoms with Crippen molar-refractivity contribution >= 4 is 17.9 Å². The first-order chi connectivity index (χ1) is 9.80. The van der Waals surface area contributed by atoms with Crippen molar-refractivity contribution < 1.29 is 9.53 Å². The third-order valence-corrected chi connectivity index (χ3v) is 5.69. The fourth-order valence-corrected chi connectivity index (χ4v) is 4.51. The third kappa shape index (κ3) is 2.91. The van der Waals surface area contributed by atoms with E-state index in [1.165, 1.54) is 10.5 Å². The number of carbonyl (C=O) groups is 1. The first-order valence-corrected chi connectivity index (χ1v) is 8.38. The molecule has 1 amide bonds. The van der Waals surface area contributed by atoms with Gasteiger partial charge in [-0.1, -0.05) is 29.5 Å². The second kappa shape index (κ2) is 4.94. The lowest BCUT2D eigenvalue weighted by molar-refractivity contribution is 0.0244. The molecule has 1 saturated heterocycles. The van der Waals surface area contributed by atoms with Crippen LogP contribution in [-0.4, -0.2) is 28.0 Å². The molecule has 0 bridgehead atoms. The standard InChI is InChI=1S/C17H23NO2S/c1-12-5-7-14(8-6-12)21-17-11-13(17)9-10-18(17)15(19)20-16(2,3)4/h5-8,13H,9-11H2,1-4H3. The Bertz CT molecular complexity index is 549. The van der Waals surface area contributed by atoms with E-state index < -0.39 is 5.60 Å². The predicted molar refractivity (Wildman–Crippen MR) is 85.4 cm³/mol. The molecule has 1 aliphatic carbocycles. The molecular formula is C17H23NO2S. The van der Waals surface area contributed by atoms with Crippen molar-refractivity contribution in [1.29, 1.82) is 0 Å². The van der Waals surface area contributed by atoms with E-state index in [0.717, 1.165) is 19.4 Å². The molecule has 1 aromatic rings.